The van der Waals surface area contributed by atoms with Gasteiger partial charge in [0.05, 0.1) is 22.7 Å². The summed E-state index contributed by atoms with van der Waals surface area (Å²) in [5, 5.41) is 7.95. The normalized spacial score (nSPS) is 18.0. The summed E-state index contributed by atoms with van der Waals surface area (Å²) in [6.45, 7) is 0.894. The van der Waals surface area contributed by atoms with E-state index in [1.54, 1.807) is 41.1 Å². The molecule has 33 heavy (non-hydrogen) atoms. The molecule has 170 valence electrons. The summed E-state index contributed by atoms with van der Waals surface area (Å²) in [6.07, 6.45) is 2.92. The number of halogens is 1. The molecule has 0 radical (unpaired) electrons. The highest BCUT2D eigenvalue weighted by atomic mass is 19.1. The molecule has 1 saturated carbocycles. The molecule has 2 fully saturated rings. The third-order valence-electron chi connectivity index (χ3n) is 6.68. The van der Waals surface area contributed by atoms with Crippen molar-refractivity contribution in [1.29, 1.82) is 0 Å². The molecule has 1 N–H and O–H groups in total. The highest BCUT2D eigenvalue weighted by Gasteiger charge is 2.38. The van der Waals surface area contributed by atoms with Crippen LogP contribution < -0.4 is 5.56 Å². The van der Waals surface area contributed by atoms with Gasteiger partial charge in [0.1, 0.15) is 5.82 Å². The van der Waals surface area contributed by atoms with E-state index >= 15 is 0 Å². The molecular weight excluding hydrogens is 423 g/mol. The van der Waals surface area contributed by atoms with Gasteiger partial charge in [0.15, 0.2) is 0 Å². The summed E-state index contributed by atoms with van der Waals surface area (Å²) in [6, 6.07) is 11.6. The molecule has 0 spiro atoms. The molecule has 7 nitrogen and oxygen atoms in total. The second-order valence-electron chi connectivity index (χ2n) is 8.95. The first kappa shape index (κ1) is 21.3. The number of likely N-dealkylation sites (tertiary alicyclic amines) is 1. The number of fused-ring (bicyclic) bond motifs is 1. The fourth-order valence-corrected chi connectivity index (χ4v) is 4.56. The Kier molecular flexibility index (Phi) is 5.44. The van der Waals surface area contributed by atoms with E-state index in [1.807, 2.05) is 12.1 Å². The number of nitrogens with zero attached hydrogens (tertiary/aromatic N) is 3. The third-order valence-corrected chi connectivity index (χ3v) is 6.68. The number of carbonyl (C=O) groups is 2. The van der Waals surface area contributed by atoms with E-state index in [0.717, 1.165) is 23.8 Å². The maximum absolute atomic E-state index is 14.6. The quantitative estimate of drug-likeness (QED) is 0.650. The number of aromatic amines is 1. The molecule has 1 saturated heterocycles. The van der Waals surface area contributed by atoms with Crippen LogP contribution in [0.15, 0.2) is 47.3 Å². The first-order valence-electron chi connectivity index (χ1n) is 11.2. The maximum atomic E-state index is 14.6. The lowest BCUT2D eigenvalue weighted by Gasteiger charge is -2.25. The first-order chi connectivity index (χ1) is 15.9. The molecule has 1 aliphatic heterocycles. The molecule has 3 aromatic rings. The van der Waals surface area contributed by atoms with E-state index in [0.29, 0.717) is 37.0 Å². The van der Waals surface area contributed by atoms with Crippen LogP contribution in [0.5, 0.6) is 0 Å². The average Bonchev–Trinajstić information content (AvgIpc) is 3.57. The van der Waals surface area contributed by atoms with E-state index in [2.05, 4.69) is 10.2 Å². The van der Waals surface area contributed by atoms with Crippen molar-refractivity contribution in [3.8, 4) is 0 Å². The van der Waals surface area contributed by atoms with Crippen molar-refractivity contribution < 1.29 is 14.0 Å². The monoisotopic (exact) mass is 448 g/mol. The lowest BCUT2D eigenvalue weighted by atomic mass is 10.0. The number of hydrogen-bond acceptors (Lipinski definition) is 4. The smallest absolute Gasteiger partial charge is 0.272 e. The van der Waals surface area contributed by atoms with Crippen molar-refractivity contribution >= 4 is 22.6 Å². The molecule has 8 heteroatoms. The van der Waals surface area contributed by atoms with Crippen LogP contribution >= 0.6 is 0 Å². The largest absolute Gasteiger partial charge is 0.341 e. The predicted molar refractivity (Wildman–Crippen MR) is 121 cm³/mol. The van der Waals surface area contributed by atoms with Crippen LogP contribution in [-0.4, -0.2) is 58.0 Å². The Bertz CT molecular complexity index is 1300. The van der Waals surface area contributed by atoms with Gasteiger partial charge >= 0.3 is 0 Å². The highest BCUT2D eigenvalue weighted by Crippen LogP contribution is 2.32. The van der Waals surface area contributed by atoms with Gasteiger partial charge in [-0.05, 0) is 43.0 Å². The fraction of sp³-hybridized carbons (Fsp3) is 0.360. The second-order valence-corrected chi connectivity index (χ2v) is 8.95. The van der Waals surface area contributed by atoms with Gasteiger partial charge in [-0.25, -0.2) is 9.49 Å². The maximum Gasteiger partial charge on any atom is 0.272 e. The molecule has 1 aliphatic carbocycles. The molecular formula is C25H25FN4O3. The van der Waals surface area contributed by atoms with E-state index in [1.165, 1.54) is 6.07 Å². The van der Waals surface area contributed by atoms with Crippen LogP contribution in [0, 0.1) is 11.7 Å². The Balaban J connectivity index is 1.35. The minimum atomic E-state index is -0.575. The average molecular weight is 448 g/mol. The lowest BCUT2D eigenvalue weighted by molar-refractivity contribution is -0.133. The zero-order valence-corrected chi connectivity index (χ0v) is 18.4. The number of nitrogens with one attached hydrogen (secondary N) is 1. The van der Waals surface area contributed by atoms with Crippen LogP contribution in [0.25, 0.3) is 10.8 Å². The van der Waals surface area contributed by atoms with Crippen LogP contribution in [-0.2, 0) is 11.2 Å². The number of aromatic nitrogens is 2. The Hall–Kier alpha value is -3.55. The van der Waals surface area contributed by atoms with Gasteiger partial charge in [0.2, 0.25) is 5.91 Å². The summed E-state index contributed by atoms with van der Waals surface area (Å²) in [4.78, 5) is 40.9. The minimum Gasteiger partial charge on any atom is -0.341 e. The zero-order chi connectivity index (χ0) is 23.1. The molecule has 0 unspecified atom stereocenters. The summed E-state index contributed by atoms with van der Waals surface area (Å²) < 4.78 is 14.6. The summed E-state index contributed by atoms with van der Waals surface area (Å²) in [5.41, 5.74) is 1.12. The summed E-state index contributed by atoms with van der Waals surface area (Å²) >= 11 is 0. The minimum absolute atomic E-state index is 0.0121. The molecule has 2 aliphatic rings. The molecule has 2 amide bonds. The number of hydrogen-bond donors (Lipinski definition) is 1. The van der Waals surface area contributed by atoms with Crippen molar-refractivity contribution in [2.45, 2.75) is 31.7 Å². The molecule has 5 rings (SSSR count). The van der Waals surface area contributed by atoms with Crippen LogP contribution in [0.4, 0.5) is 4.39 Å². The number of likely N-dealkylation sites (N-methyl/N-ethyl adjacent to an activating group) is 1. The number of rotatable bonds is 5. The van der Waals surface area contributed by atoms with Crippen molar-refractivity contribution in [2.24, 2.45) is 5.92 Å². The molecule has 1 aromatic heterocycles. The lowest BCUT2D eigenvalue weighted by Crippen LogP contribution is -2.40. The Morgan fingerprint density at radius 1 is 1.15 bits per heavy atom. The van der Waals surface area contributed by atoms with Crippen LogP contribution in [0.3, 0.4) is 0 Å². The number of benzene rings is 2. The van der Waals surface area contributed by atoms with E-state index in [4.69, 9.17) is 0 Å². The third kappa shape index (κ3) is 4.13. The first-order valence-corrected chi connectivity index (χ1v) is 11.2. The van der Waals surface area contributed by atoms with E-state index < -0.39 is 5.82 Å². The fourth-order valence-electron chi connectivity index (χ4n) is 4.56. The van der Waals surface area contributed by atoms with Crippen molar-refractivity contribution in [1.82, 2.24) is 20.0 Å². The van der Waals surface area contributed by atoms with Gasteiger partial charge < -0.3 is 9.80 Å². The van der Waals surface area contributed by atoms with E-state index in [9.17, 15) is 18.8 Å². The van der Waals surface area contributed by atoms with Gasteiger partial charge in [-0.2, -0.15) is 5.10 Å². The van der Waals surface area contributed by atoms with Gasteiger partial charge in [0.25, 0.3) is 11.5 Å². The SMILES string of the molecule is CN(C(=O)C1CC1)[C@H]1CCN(C(=O)c2cc(Cc3n[nH]c(=O)c4ccccc34)ccc2F)C1. The van der Waals surface area contributed by atoms with Crippen molar-refractivity contribution in [3.05, 3.63) is 75.5 Å². The Morgan fingerprint density at radius 3 is 2.67 bits per heavy atom. The van der Waals surface area contributed by atoms with Gasteiger partial charge in [-0.3, -0.25) is 14.4 Å². The summed E-state index contributed by atoms with van der Waals surface area (Å²) in [7, 11) is 1.79. The van der Waals surface area contributed by atoms with Gasteiger partial charge in [0, 0.05) is 37.9 Å². The standard InChI is InChI=1S/C25H25FN4O3/c1-29(24(32)16-7-8-16)17-10-11-30(14-17)25(33)20-12-15(6-9-21(20)26)13-22-18-4-2-3-5-19(18)23(31)28-27-22/h2-6,9,12,16-17H,7-8,10-11,13-14H2,1H3,(H,28,31)/t17-/m0/s1. The van der Waals surface area contributed by atoms with Crippen LogP contribution in [0.1, 0.15) is 40.9 Å². The van der Waals surface area contributed by atoms with Crippen molar-refractivity contribution in [3.63, 3.8) is 0 Å². The van der Waals surface area contributed by atoms with Gasteiger partial charge in [-0.15, -0.1) is 0 Å². The number of carbonyl (C=O) groups excluding carboxylic acids is 2. The number of H-pyrrole nitrogens is 1. The highest BCUT2D eigenvalue weighted by molar-refractivity contribution is 5.95. The molecule has 0 bridgehead atoms. The predicted octanol–water partition coefficient (Wildman–Crippen LogP) is 2.74. The summed E-state index contributed by atoms with van der Waals surface area (Å²) in [5.74, 6) is -0.674. The number of amides is 2. The second kappa shape index (κ2) is 8.42. The Labute approximate surface area is 190 Å². The molecule has 2 aromatic carbocycles. The van der Waals surface area contributed by atoms with Gasteiger partial charge in [-0.1, -0.05) is 24.3 Å². The van der Waals surface area contributed by atoms with E-state index in [-0.39, 0.29) is 34.9 Å². The molecule has 1 atom stereocenters. The van der Waals surface area contributed by atoms with Crippen molar-refractivity contribution in [2.75, 3.05) is 20.1 Å². The molecule has 2 heterocycles. The zero-order valence-electron chi connectivity index (χ0n) is 18.4. The topological polar surface area (TPSA) is 86.4 Å². The Morgan fingerprint density at radius 2 is 1.91 bits per heavy atom. The van der Waals surface area contributed by atoms with Crippen LogP contribution in [0.2, 0.25) is 0 Å².